The molecule has 0 aliphatic rings. The van der Waals surface area contributed by atoms with Crippen LogP contribution >= 0.6 is 0 Å². The zero-order valence-corrected chi connectivity index (χ0v) is 22.4. The fraction of sp³-hybridized carbons (Fsp3) is 0.343. The number of hydrogen-bond acceptors (Lipinski definition) is 0. The smallest absolute Gasteiger partial charge is 0.207 e. The molecule has 3 aromatic carbocycles. The minimum Gasteiger partial charge on any atom is -0.207 e. The number of aryl methyl sites for hydroxylation is 3. The lowest BCUT2D eigenvalue weighted by Crippen LogP contribution is -1.90. The molecule has 186 valence electrons. The number of hydrogen-bond donors (Lipinski definition) is 0. The predicted molar refractivity (Wildman–Crippen MR) is 155 cm³/mol. The highest BCUT2D eigenvalue weighted by atomic mass is 16.3. The summed E-state index contributed by atoms with van der Waals surface area (Å²) >= 11 is 0. The van der Waals surface area contributed by atoms with Gasteiger partial charge in [0.25, 0.3) is 0 Å². The van der Waals surface area contributed by atoms with Crippen molar-refractivity contribution in [1.29, 1.82) is 0 Å². The Morgan fingerprint density at radius 3 is 1.08 bits per heavy atom. The molecule has 0 aliphatic carbocycles. The number of benzene rings is 3. The molecule has 0 saturated carbocycles. The van der Waals surface area contributed by atoms with E-state index in [1.807, 2.05) is 0 Å². The van der Waals surface area contributed by atoms with E-state index in [1.54, 1.807) is 0 Å². The highest BCUT2D eigenvalue weighted by Gasteiger charge is 2.21. The predicted octanol–water partition coefficient (Wildman–Crippen LogP) is 10.6. The van der Waals surface area contributed by atoms with Crippen LogP contribution in [-0.4, -0.2) is 0 Å². The van der Waals surface area contributed by atoms with E-state index in [2.05, 4.69) is 106 Å². The lowest BCUT2D eigenvalue weighted by molar-refractivity contribution is 0.582. The molecule has 0 amide bonds. The Balaban J connectivity index is 1.70. The van der Waals surface area contributed by atoms with Crippen molar-refractivity contribution < 1.29 is 4.42 Å². The van der Waals surface area contributed by atoms with Crippen molar-refractivity contribution in [3.05, 3.63) is 102 Å². The minimum absolute atomic E-state index is 0.912. The molecule has 0 bridgehead atoms. The Morgan fingerprint density at radius 2 is 0.750 bits per heavy atom. The first kappa shape index (κ1) is 25.9. The van der Waals surface area contributed by atoms with Gasteiger partial charge in [-0.25, -0.2) is 4.42 Å². The summed E-state index contributed by atoms with van der Waals surface area (Å²) in [7, 11) is 0. The summed E-state index contributed by atoms with van der Waals surface area (Å²) in [5.41, 5.74) is 8.86. The van der Waals surface area contributed by atoms with Crippen molar-refractivity contribution in [1.82, 2.24) is 0 Å². The Kier molecular flexibility index (Phi) is 9.50. The minimum atomic E-state index is 0.912. The van der Waals surface area contributed by atoms with Gasteiger partial charge < -0.3 is 0 Å². The van der Waals surface area contributed by atoms with E-state index in [9.17, 15) is 0 Å². The molecular formula is C35H41O+. The SMILES string of the molecule is CCCCc1ccc(-c2cc(-c3ccc(CCCC)cc3)[o+]c(-c3ccc(CCCC)cc3)c2)cc1. The highest BCUT2D eigenvalue weighted by Crippen LogP contribution is 2.33. The van der Waals surface area contributed by atoms with Crippen molar-refractivity contribution in [3.63, 3.8) is 0 Å². The second-order valence-electron chi connectivity index (χ2n) is 9.98. The van der Waals surface area contributed by atoms with Gasteiger partial charge in [-0.15, -0.1) is 0 Å². The van der Waals surface area contributed by atoms with Crippen LogP contribution in [0.4, 0.5) is 0 Å². The van der Waals surface area contributed by atoms with E-state index in [0.717, 1.165) is 41.9 Å². The maximum Gasteiger partial charge on any atom is 0.361 e. The third-order valence-corrected chi connectivity index (χ3v) is 7.01. The van der Waals surface area contributed by atoms with Crippen LogP contribution in [0.25, 0.3) is 33.8 Å². The van der Waals surface area contributed by atoms with E-state index in [-0.39, 0.29) is 0 Å². The van der Waals surface area contributed by atoms with E-state index >= 15 is 0 Å². The number of unbranched alkanes of at least 4 members (excludes halogenated alkanes) is 3. The van der Waals surface area contributed by atoms with Gasteiger partial charge in [0.05, 0.1) is 23.3 Å². The first-order valence-electron chi connectivity index (χ1n) is 14.0. The van der Waals surface area contributed by atoms with Crippen LogP contribution in [0, 0.1) is 0 Å². The van der Waals surface area contributed by atoms with Gasteiger partial charge in [-0.2, -0.15) is 0 Å². The number of rotatable bonds is 12. The molecule has 0 radical (unpaired) electrons. The van der Waals surface area contributed by atoms with Crippen molar-refractivity contribution in [2.45, 2.75) is 78.6 Å². The van der Waals surface area contributed by atoms with Crippen LogP contribution in [0.3, 0.4) is 0 Å². The van der Waals surface area contributed by atoms with E-state index < -0.39 is 0 Å². The second kappa shape index (κ2) is 13.2. The van der Waals surface area contributed by atoms with Gasteiger partial charge in [0.2, 0.25) is 0 Å². The van der Waals surface area contributed by atoms with Crippen molar-refractivity contribution in [3.8, 4) is 33.8 Å². The fourth-order valence-corrected chi connectivity index (χ4v) is 4.63. The monoisotopic (exact) mass is 477 g/mol. The molecule has 1 heteroatoms. The topological polar surface area (TPSA) is 11.3 Å². The van der Waals surface area contributed by atoms with Crippen LogP contribution < -0.4 is 0 Å². The molecule has 4 aromatic rings. The molecule has 1 heterocycles. The normalized spacial score (nSPS) is 11.1. The van der Waals surface area contributed by atoms with Gasteiger partial charge in [-0.1, -0.05) is 88.6 Å². The van der Waals surface area contributed by atoms with Gasteiger partial charge in [0, 0.05) is 5.56 Å². The lowest BCUT2D eigenvalue weighted by Gasteiger charge is -2.06. The van der Waals surface area contributed by atoms with Gasteiger partial charge in [0.15, 0.2) is 0 Å². The standard InChI is InChI=1S/C35H41O/c1-4-7-10-27-13-19-30(20-14-27)33-25-34(31-21-15-28(16-22-31)11-8-5-2)36-35(26-33)32-23-17-29(18-24-32)12-9-6-3/h13-26H,4-12H2,1-3H3/q+1. The molecule has 0 spiro atoms. The molecule has 36 heavy (non-hydrogen) atoms. The molecular weight excluding hydrogens is 436 g/mol. The summed E-state index contributed by atoms with van der Waals surface area (Å²) in [5.74, 6) is 1.82. The molecule has 0 unspecified atom stereocenters. The Bertz CT molecular complexity index is 1030. The van der Waals surface area contributed by atoms with Gasteiger partial charge >= 0.3 is 11.5 Å². The first-order chi connectivity index (χ1) is 17.7. The van der Waals surface area contributed by atoms with Crippen LogP contribution in [0.15, 0.2) is 89.3 Å². The van der Waals surface area contributed by atoms with E-state index in [1.165, 1.54) is 66.3 Å². The maximum atomic E-state index is 6.53. The third-order valence-electron chi connectivity index (χ3n) is 7.01. The van der Waals surface area contributed by atoms with E-state index in [0.29, 0.717) is 0 Å². The largest absolute Gasteiger partial charge is 0.361 e. The molecule has 0 atom stereocenters. The Morgan fingerprint density at radius 1 is 0.417 bits per heavy atom. The average molecular weight is 478 g/mol. The zero-order valence-electron chi connectivity index (χ0n) is 22.4. The molecule has 0 N–H and O–H groups in total. The average Bonchev–Trinajstić information content (AvgIpc) is 2.94. The summed E-state index contributed by atoms with van der Waals surface area (Å²) in [6, 6.07) is 31.3. The van der Waals surface area contributed by atoms with Crippen LogP contribution in [0.1, 0.15) is 76.0 Å². The second-order valence-corrected chi connectivity index (χ2v) is 9.98. The lowest BCUT2D eigenvalue weighted by atomic mass is 9.98. The molecule has 1 aromatic heterocycles. The maximum absolute atomic E-state index is 6.53. The molecule has 0 saturated heterocycles. The van der Waals surface area contributed by atoms with Gasteiger partial charge in [-0.05, 0) is 85.0 Å². The summed E-state index contributed by atoms with van der Waals surface area (Å²) in [6.45, 7) is 6.73. The van der Waals surface area contributed by atoms with Crippen LogP contribution in [0.5, 0.6) is 0 Å². The van der Waals surface area contributed by atoms with Crippen molar-refractivity contribution >= 4 is 0 Å². The Hall–Kier alpha value is -3.19. The highest BCUT2D eigenvalue weighted by molar-refractivity contribution is 5.74. The fourth-order valence-electron chi connectivity index (χ4n) is 4.63. The van der Waals surface area contributed by atoms with Gasteiger partial charge in [-0.3, -0.25) is 0 Å². The van der Waals surface area contributed by atoms with E-state index in [4.69, 9.17) is 4.42 Å². The molecule has 4 rings (SSSR count). The van der Waals surface area contributed by atoms with Crippen LogP contribution in [0.2, 0.25) is 0 Å². The summed E-state index contributed by atoms with van der Waals surface area (Å²) < 4.78 is 6.53. The molecule has 0 fully saturated rings. The van der Waals surface area contributed by atoms with Crippen LogP contribution in [-0.2, 0) is 19.3 Å². The summed E-state index contributed by atoms with van der Waals surface area (Å²) in [5, 5.41) is 0. The molecule has 0 aliphatic heterocycles. The van der Waals surface area contributed by atoms with Gasteiger partial charge in [0.1, 0.15) is 0 Å². The van der Waals surface area contributed by atoms with Crippen molar-refractivity contribution in [2.24, 2.45) is 0 Å². The summed E-state index contributed by atoms with van der Waals surface area (Å²) in [4.78, 5) is 0. The quantitative estimate of drug-likeness (QED) is 0.185. The third kappa shape index (κ3) is 6.94. The van der Waals surface area contributed by atoms with Crippen molar-refractivity contribution in [2.75, 3.05) is 0 Å². The Labute approximate surface area is 218 Å². The molecule has 1 nitrogen and oxygen atoms in total. The summed E-state index contributed by atoms with van der Waals surface area (Å²) in [6.07, 6.45) is 10.8. The zero-order chi connectivity index (χ0) is 25.2. The first-order valence-corrected chi connectivity index (χ1v) is 14.0.